The molecule has 0 saturated carbocycles. The molecule has 1 unspecified atom stereocenters. The number of carboxylic acid groups (broad SMARTS) is 1. The summed E-state index contributed by atoms with van der Waals surface area (Å²) in [5.74, 6) is -0.994. The molecule has 3 N–H and O–H groups in total. The minimum Gasteiger partial charge on any atom is -0.480 e. The van der Waals surface area contributed by atoms with Gasteiger partial charge < -0.3 is 20.6 Å². The summed E-state index contributed by atoms with van der Waals surface area (Å²) in [6, 6.07) is -0.812. The van der Waals surface area contributed by atoms with Crippen LogP contribution in [0.15, 0.2) is 0 Å². The molecular formula is C12H25N3O3. The molecule has 0 rings (SSSR count). The highest BCUT2D eigenvalue weighted by Gasteiger charge is 2.18. The van der Waals surface area contributed by atoms with E-state index in [2.05, 4.69) is 29.4 Å². The smallest absolute Gasteiger partial charge is 0.326 e. The van der Waals surface area contributed by atoms with Crippen molar-refractivity contribution in [3.05, 3.63) is 0 Å². The van der Waals surface area contributed by atoms with Gasteiger partial charge in [-0.25, -0.2) is 9.59 Å². The molecule has 0 aliphatic heterocycles. The van der Waals surface area contributed by atoms with Crippen molar-refractivity contribution in [3.63, 3.8) is 0 Å². The van der Waals surface area contributed by atoms with E-state index >= 15 is 0 Å². The highest BCUT2D eigenvalue weighted by atomic mass is 16.4. The van der Waals surface area contributed by atoms with Crippen molar-refractivity contribution in [1.82, 2.24) is 15.5 Å². The van der Waals surface area contributed by atoms with Crippen molar-refractivity contribution in [1.29, 1.82) is 0 Å². The lowest BCUT2D eigenvalue weighted by atomic mass is 10.2. The second kappa shape index (κ2) is 8.74. The first-order valence-electron chi connectivity index (χ1n) is 6.35. The van der Waals surface area contributed by atoms with Crippen LogP contribution in [0.25, 0.3) is 0 Å². The van der Waals surface area contributed by atoms with Gasteiger partial charge in [0.05, 0.1) is 0 Å². The summed E-state index contributed by atoms with van der Waals surface area (Å²) in [5, 5.41) is 14.0. The van der Waals surface area contributed by atoms with Crippen molar-refractivity contribution in [2.24, 2.45) is 0 Å². The van der Waals surface area contributed by atoms with Crippen molar-refractivity contribution in [3.8, 4) is 0 Å². The number of rotatable bonds is 8. The largest absolute Gasteiger partial charge is 0.480 e. The highest BCUT2D eigenvalue weighted by molar-refractivity contribution is 5.82. The molecule has 0 aromatic carbocycles. The van der Waals surface area contributed by atoms with Gasteiger partial charge in [-0.1, -0.05) is 13.3 Å². The number of hydrogen-bond donors (Lipinski definition) is 3. The Hall–Kier alpha value is -1.30. The second-order valence-corrected chi connectivity index (χ2v) is 4.65. The average molecular weight is 259 g/mol. The third-order valence-electron chi connectivity index (χ3n) is 2.81. The van der Waals surface area contributed by atoms with Crippen LogP contribution in [0.4, 0.5) is 4.79 Å². The molecule has 0 spiro atoms. The van der Waals surface area contributed by atoms with Crippen molar-refractivity contribution in [2.75, 3.05) is 20.1 Å². The van der Waals surface area contributed by atoms with E-state index in [1.54, 1.807) is 0 Å². The Bertz CT molecular complexity index is 269. The van der Waals surface area contributed by atoms with Crippen molar-refractivity contribution >= 4 is 12.0 Å². The SMILES string of the molecule is CCCC(NC(=O)NCCN(C)C(C)C)C(=O)O. The molecule has 0 heterocycles. The van der Waals surface area contributed by atoms with Crippen molar-refractivity contribution < 1.29 is 14.7 Å². The fourth-order valence-electron chi connectivity index (χ4n) is 1.36. The van der Waals surface area contributed by atoms with Gasteiger partial charge >= 0.3 is 12.0 Å². The van der Waals surface area contributed by atoms with Crippen molar-refractivity contribution in [2.45, 2.75) is 45.7 Å². The normalized spacial score (nSPS) is 12.6. The number of likely N-dealkylation sites (N-methyl/N-ethyl adjacent to an activating group) is 1. The van der Waals surface area contributed by atoms with Gasteiger partial charge in [-0.3, -0.25) is 0 Å². The topological polar surface area (TPSA) is 81.7 Å². The van der Waals surface area contributed by atoms with Crippen LogP contribution in [0.3, 0.4) is 0 Å². The monoisotopic (exact) mass is 259 g/mol. The van der Waals surface area contributed by atoms with E-state index in [4.69, 9.17) is 5.11 Å². The summed E-state index contributed by atoms with van der Waals surface area (Å²) in [6.07, 6.45) is 1.15. The van der Waals surface area contributed by atoms with Gasteiger partial charge in [0.25, 0.3) is 0 Å². The first-order chi connectivity index (χ1) is 8.38. The number of carboxylic acids is 1. The van der Waals surface area contributed by atoms with Crippen LogP contribution in [0, 0.1) is 0 Å². The number of amides is 2. The van der Waals surface area contributed by atoms with Crippen LogP contribution >= 0.6 is 0 Å². The molecule has 0 aliphatic rings. The lowest BCUT2D eigenvalue weighted by molar-refractivity contribution is -0.139. The zero-order valence-electron chi connectivity index (χ0n) is 11.7. The Labute approximate surface area is 109 Å². The summed E-state index contributed by atoms with van der Waals surface area (Å²) in [5.41, 5.74) is 0. The number of aliphatic carboxylic acids is 1. The maximum atomic E-state index is 11.5. The molecular weight excluding hydrogens is 234 g/mol. The summed E-state index contributed by atoms with van der Waals surface area (Å²) in [7, 11) is 1.97. The number of carbonyl (C=O) groups is 2. The van der Waals surface area contributed by atoms with Gasteiger partial charge in [-0.2, -0.15) is 0 Å². The van der Waals surface area contributed by atoms with E-state index in [0.29, 0.717) is 25.4 Å². The quantitative estimate of drug-likeness (QED) is 0.604. The fourth-order valence-corrected chi connectivity index (χ4v) is 1.36. The van der Waals surface area contributed by atoms with E-state index in [0.717, 1.165) is 6.54 Å². The van der Waals surface area contributed by atoms with E-state index < -0.39 is 18.0 Å². The fraction of sp³-hybridized carbons (Fsp3) is 0.833. The molecule has 2 amide bonds. The Kier molecular flexibility index (Phi) is 8.11. The molecule has 6 nitrogen and oxygen atoms in total. The minimum atomic E-state index is -0.994. The second-order valence-electron chi connectivity index (χ2n) is 4.65. The van der Waals surface area contributed by atoms with Crippen LogP contribution in [0.1, 0.15) is 33.6 Å². The molecule has 0 saturated heterocycles. The number of nitrogens with one attached hydrogen (secondary N) is 2. The minimum absolute atomic E-state index is 0.418. The van der Waals surface area contributed by atoms with E-state index in [9.17, 15) is 9.59 Å². The molecule has 18 heavy (non-hydrogen) atoms. The van der Waals surface area contributed by atoms with Gasteiger partial charge in [-0.05, 0) is 27.3 Å². The summed E-state index contributed by atoms with van der Waals surface area (Å²) in [6.45, 7) is 7.26. The molecule has 0 radical (unpaired) electrons. The lowest BCUT2D eigenvalue weighted by Crippen LogP contribution is -2.47. The molecule has 6 heteroatoms. The van der Waals surface area contributed by atoms with Crippen LogP contribution in [-0.2, 0) is 4.79 Å². The number of nitrogens with zero attached hydrogens (tertiary/aromatic N) is 1. The third kappa shape index (κ3) is 7.11. The number of urea groups is 1. The van der Waals surface area contributed by atoms with Crippen LogP contribution in [-0.4, -0.2) is 54.2 Å². The molecule has 106 valence electrons. The van der Waals surface area contributed by atoms with Crippen LogP contribution in [0.2, 0.25) is 0 Å². The lowest BCUT2D eigenvalue weighted by Gasteiger charge is -2.21. The summed E-state index contributed by atoms with van der Waals surface area (Å²) < 4.78 is 0. The molecule has 1 atom stereocenters. The van der Waals surface area contributed by atoms with Gasteiger partial charge in [0, 0.05) is 19.1 Å². The molecule has 0 fully saturated rings. The molecule has 0 aliphatic carbocycles. The van der Waals surface area contributed by atoms with E-state index in [1.807, 2.05) is 14.0 Å². The standard InChI is InChI=1S/C12H25N3O3/c1-5-6-10(11(16)17)14-12(18)13-7-8-15(4)9(2)3/h9-10H,5-8H2,1-4H3,(H,16,17)(H2,13,14,18). The highest BCUT2D eigenvalue weighted by Crippen LogP contribution is 1.96. The maximum absolute atomic E-state index is 11.5. The molecule has 0 bridgehead atoms. The van der Waals surface area contributed by atoms with Crippen LogP contribution < -0.4 is 10.6 Å². The Morgan fingerprint density at radius 3 is 2.39 bits per heavy atom. The van der Waals surface area contributed by atoms with Gasteiger partial charge in [0.2, 0.25) is 0 Å². The zero-order chi connectivity index (χ0) is 14.1. The predicted octanol–water partition coefficient (Wildman–Crippen LogP) is 0.879. The number of carbonyl (C=O) groups excluding carboxylic acids is 1. The Morgan fingerprint density at radius 1 is 1.33 bits per heavy atom. The average Bonchev–Trinajstić information content (AvgIpc) is 2.27. The zero-order valence-corrected chi connectivity index (χ0v) is 11.7. The Morgan fingerprint density at radius 2 is 1.94 bits per heavy atom. The summed E-state index contributed by atoms with van der Waals surface area (Å²) in [4.78, 5) is 24.4. The number of hydrogen-bond acceptors (Lipinski definition) is 3. The van der Waals surface area contributed by atoms with Crippen LogP contribution in [0.5, 0.6) is 0 Å². The van der Waals surface area contributed by atoms with E-state index in [1.165, 1.54) is 0 Å². The Balaban J connectivity index is 3.92. The van der Waals surface area contributed by atoms with E-state index in [-0.39, 0.29) is 0 Å². The molecule has 0 aromatic rings. The van der Waals surface area contributed by atoms with Gasteiger partial charge in [0.15, 0.2) is 0 Å². The summed E-state index contributed by atoms with van der Waals surface area (Å²) >= 11 is 0. The van der Waals surface area contributed by atoms with Gasteiger partial charge in [0.1, 0.15) is 6.04 Å². The first-order valence-corrected chi connectivity index (χ1v) is 6.35. The van der Waals surface area contributed by atoms with Gasteiger partial charge in [-0.15, -0.1) is 0 Å². The molecule has 0 aromatic heterocycles. The first kappa shape index (κ1) is 16.7. The predicted molar refractivity (Wildman–Crippen MR) is 70.6 cm³/mol. The third-order valence-corrected chi connectivity index (χ3v) is 2.81. The maximum Gasteiger partial charge on any atom is 0.326 e.